The molecule has 0 fully saturated rings. The molecule has 0 radical (unpaired) electrons. The molecule has 16 heavy (non-hydrogen) atoms. The Morgan fingerprint density at radius 3 is 2.81 bits per heavy atom. The van der Waals surface area contributed by atoms with Gasteiger partial charge in [-0.15, -0.1) is 11.3 Å². The van der Waals surface area contributed by atoms with Gasteiger partial charge in [-0.05, 0) is 48.3 Å². The molecule has 1 rings (SSSR count). The second kappa shape index (κ2) is 6.37. The van der Waals surface area contributed by atoms with Crippen LogP contribution in [0.2, 0.25) is 0 Å². The Bertz CT molecular complexity index is 343. The number of halogens is 1. The van der Waals surface area contributed by atoms with E-state index in [0.29, 0.717) is 13.2 Å². The highest BCUT2D eigenvalue weighted by atomic mass is 79.9. The monoisotopic (exact) mass is 305 g/mol. The summed E-state index contributed by atoms with van der Waals surface area (Å²) in [4.78, 5) is 12.4. The Kier molecular flexibility index (Phi) is 5.44. The van der Waals surface area contributed by atoms with Crippen LogP contribution in [0.25, 0.3) is 0 Å². The maximum atomic E-state index is 11.7. The van der Waals surface area contributed by atoms with Gasteiger partial charge in [0.05, 0.1) is 21.4 Å². The molecule has 0 aliphatic heterocycles. The molecule has 5 heteroatoms. The van der Waals surface area contributed by atoms with Gasteiger partial charge in [-0.3, -0.25) is 4.79 Å². The first-order chi connectivity index (χ1) is 7.50. The number of aryl methyl sites for hydroxylation is 1. The number of ether oxygens (including phenoxy) is 1. The smallest absolute Gasteiger partial charge is 0.261 e. The minimum absolute atomic E-state index is 0.0360. The normalized spacial score (nSPS) is 10.8. The number of hydrogen-bond donors (Lipinski definition) is 1. The molecular formula is C11H16BrNO2S. The van der Waals surface area contributed by atoms with Crippen LogP contribution in [-0.2, 0) is 4.74 Å². The first-order valence-electron chi connectivity index (χ1n) is 5.16. The van der Waals surface area contributed by atoms with Crippen molar-refractivity contribution in [2.45, 2.75) is 26.9 Å². The Labute approximate surface area is 108 Å². The third kappa shape index (κ3) is 4.23. The van der Waals surface area contributed by atoms with Crippen molar-refractivity contribution in [3.63, 3.8) is 0 Å². The molecule has 1 amide bonds. The number of thiophene rings is 1. The van der Waals surface area contributed by atoms with Crippen LogP contribution in [0.5, 0.6) is 0 Å². The largest absolute Gasteiger partial charge is 0.377 e. The number of rotatable bonds is 5. The van der Waals surface area contributed by atoms with Crippen molar-refractivity contribution < 1.29 is 9.53 Å². The van der Waals surface area contributed by atoms with Crippen molar-refractivity contribution in [2.75, 3.05) is 13.2 Å². The second-order valence-corrected chi connectivity index (χ2v) is 6.11. The molecular weight excluding hydrogens is 290 g/mol. The molecule has 0 spiro atoms. The number of carbonyl (C=O) groups is 1. The molecule has 0 saturated heterocycles. The first kappa shape index (κ1) is 13.7. The van der Waals surface area contributed by atoms with Gasteiger partial charge in [0.1, 0.15) is 0 Å². The van der Waals surface area contributed by atoms with Gasteiger partial charge in [-0.1, -0.05) is 0 Å². The SMILES string of the molecule is Cc1cc(C(=O)NCCOC(C)C)sc1Br. The zero-order valence-corrected chi connectivity index (χ0v) is 12.1. The summed E-state index contributed by atoms with van der Waals surface area (Å²) in [6, 6.07) is 1.88. The van der Waals surface area contributed by atoms with Gasteiger partial charge in [0.15, 0.2) is 0 Å². The molecule has 90 valence electrons. The topological polar surface area (TPSA) is 38.3 Å². The molecule has 3 nitrogen and oxygen atoms in total. The fourth-order valence-corrected chi connectivity index (χ4v) is 2.57. The maximum absolute atomic E-state index is 11.7. The Balaban J connectivity index is 2.35. The van der Waals surface area contributed by atoms with E-state index in [0.717, 1.165) is 14.2 Å². The number of carbonyl (C=O) groups excluding carboxylic acids is 1. The molecule has 0 aliphatic carbocycles. The van der Waals surface area contributed by atoms with E-state index in [2.05, 4.69) is 21.2 Å². The average molecular weight is 306 g/mol. The predicted octanol–water partition coefficient (Wildman–Crippen LogP) is 2.97. The second-order valence-electron chi connectivity index (χ2n) is 3.74. The van der Waals surface area contributed by atoms with Gasteiger partial charge in [0.25, 0.3) is 5.91 Å². The molecule has 0 saturated carbocycles. The highest BCUT2D eigenvalue weighted by Crippen LogP contribution is 2.26. The quantitative estimate of drug-likeness (QED) is 0.849. The predicted molar refractivity (Wildman–Crippen MR) is 70.2 cm³/mol. The summed E-state index contributed by atoms with van der Waals surface area (Å²) in [5.41, 5.74) is 1.09. The van der Waals surface area contributed by atoms with Gasteiger partial charge in [-0.25, -0.2) is 0 Å². The fourth-order valence-electron chi connectivity index (χ4n) is 1.12. The fraction of sp³-hybridized carbons (Fsp3) is 0.545. The van der Waals surface area contributed by atoms with Crippen LogP contribution >= 0.6 is 27.3 Å². The number of hydrogen-bond acceptors (Lipinski definition) is 3. The van der Waals surface area contributed by atoms with E-state index in [1.807, 2.05) is 26.8 Å². The van der Waals surface area contributed by atoms with E-state index in [1.54, 1.807) is 0 Å². The lowest BCUT2D eigenvalue weighted by atomic mass is 10.3. The summed E-state index contributed by atoms with van der Waals surface area (Å²) in [5, 5.41) is 2.82. The summed E-state index contributed by atoms with van der Waals surface area (Å²) >= 11 is 4.85. The van der Waals surface area contributed by atoms with Gasteiger partial charge < -0.3 is 10.1 Å². The lowest BCUT2D eigenvalue weighted by Gasteiger charge is -2.07. The van der Waals surface area contributed by atoms with Crippen molar-refractivity contribution in [3.8, 4) is 0 Å². The summed E-state index contributed by atoms with van der Waals surface area (Å²) in [6.07, 6.45) is 0.204. The summed E-state index contributed by atoms with van der Waals surface area (Å²) in [7, 11) is 0. The molecule has 1 N–H and O–H groups in total. The molecule has 1 aromatic heterocycles. The molecule has 0 bridgehead atoms. The molecule has 1 aromatic rings. The number of amides is 1. The molecule has 1 heterocycles. The zero-order valence-electron chi connectivity index (χ0n) is 9.67. The summed E-state index contributed by atoms with van der Waals surface area (Å²) < 4.78 is 6.35. The first-order valence-corrected chi connectivity index (χ1v) is 6.77. The maximum Gasteiger partial charge on any atom is 0.261 e. The van der Waals surface area contributed by atoms with Crippen LogP contribution in [-0.4, -0.2) is 25.2 Å². The minimum atomic E-state index is -0.0360. The highest BCUT2D eigenvalue weighted by Gasteiger charge is 2.10. The molecule has 0 atom stereocenters. The van der Waals surface area contributed by atoms with Crippen LogP contribution in [0.15, 0.2) is 9.85 Å². The van der Waals surface area contributed by atoms with Gasteiger partial charge in [0.2, 0.25) is 0 Å². The van der Waals surface area contributed by atoms with Crippen molar-refractivity contribution in [1.82, 2.24) is 5.32 Å². The highest BCUT2D eigenvalue weighted by molar-refractivity contribution is 9.11. The van der Waals surface area contributed by atoms with E-state index in [4.69, 9.17) is 4.74 Å². The minimum Gasteiger partial charge on any atom is -0.377 e. The van der Waals surface area contributed by atoms with Crippen LogP contribution in [0, 0.1) is 6.92 Å². The Morgan fingerprint density at radius 1 is 1.62 bits per heavy atom. The van der Waals surface area contributed by atoms with Gasteiger partial charge in [0, 0.05) is 6.54 Å². The summed E-state index contributed by atoms with van der Waals surface area (Å²) in [5.74, 6) is -0.0360. The molecule has 0 aromatic carbocycles. The van der Waals surface area contributed by atoms with E-state index in [-0.39, 0.29) is 12.0 Å². The third-order valence-electron chi connectivity index (χ3n) is 1.92. The van der Waals surface area contributed by atoms with Crippen LogP contribution in [0.3, 0.4) is 0 Å². The molecule has 0 aliphatic rings. The van der Waals surface area contributed by atoms with Crippen LogP contribution in [0.1, 0.15) is 29.1 Å². The zero-order chi connectivity index (χ0) is 12.1. The molecule has 0 unspecified atom stereocenters. The van der Waals surface area contributed by atoms with E-state index >= 15 is 0 Å². The Hall–Kier alpha value is -0.390. The van der Waals surface area contributed by atoms with Crippen molar-refractivity contribution in [2.24, 2.45) is 0 Å². The van der Waals surface area contributed by atoms with Crippen molar-refractivity contribution in [1.29, 1.82) is 0 Å². The van der Waals surface area contributed by atoms with Crippen molar-refractivity contribution in [3.05, 3.63) is 20.3 Å². The van der Waals surface area contributed by atoms with Crippen LogP contribution in [0.4, 0.5) is 0 Å². The van der Waals surface area contributed by atoms with Crippen LogP contribution < -0.4 is 5.32 Å². The summed E-state index contributed by atoms with van der Waals surface area (Å²) in [6.45, 7) is 7.02. The van der Waals surface area contributed by atoms with Gasteiger partial charge >= 0.3 is 0 Å². The third-order valence-corrected chi connectivity index (χ3v) is 4.06. The van der Waals surface area contributed by atoms with E-state index < -0.39 is 0 Å². The standard InChI is InChI=1S/C11H16BrNO2S/c1-7(2)15-5-4-13-11(14)9-6-8(3)10(12)16-9/h6-7H,4-5H2,1-3H3,(H,13,14). The van der Waals surface area contributed by atoms with Gasteiger partial charge in [-0.2, -0.15) is 0 Å². The Morgan fingerprint density at radius 2 is 2.31 bits per heavy atom. The number of nitrogens with one attached hydrogen (secondary N) is 1. The van der Waals surface area contributed by atoms with E-state index in [1.165, 1.54) is 11.3 Å². The van der Waals surface area contributed by atoms with Crippen molar-refractivity contribution >= 4 is 33.2 Å². The van der Waals surface area contributed by atoms with E-state index in [9.17, 15) is 4.79 Å². The average Bonchev–Trinajstić information content (AvgIpc) is 2.54. The lowest BCUT2D eigenvalue weighted by Crippen LogP contribution is -2.27. The lowest BCUT2D eigenvalue weighted by molar-refractivity contribution is 0.0748.